The number of nitrogens with zero attached hydrogens (tertiary/aromatic N) is 2. The van der Waals surface area contributed by atoms with E-state index in [0.717, 1.165) is 21.6 Å². The van der Waals surface area contributed by atoms with Gasteiger partial charge in [-0.25, -0.2) is 0 Å². The average molecular weight is 323 g/mol. The van der Waals surface area contributed by atoms with Gasteiger partial charge in [-0.1, -0.05) is 26.0 Å². The van der Waals surface area contributed by atoms with Crippen LogP contribution < -0.4 is 4.74 Å². The summed E-state index contributed by atoms with van der Waals surface area (Å²) in [6, 6.07) is 8.25. The molecule has 1 aromatic carbocycles. The zero-order valence-corrected chi connectivity index (χ0v) is 13.4. The monoisotopic (exact) mass is 322 g/mol. The Balaban J connectivity index is 2.12. The predicted molar refractivity (Wildman–Crippen MR) is 80.5 cm³/mol. The summed E-state index contributed by atoms with van der Waals surface area (Å²) in [7, 11) is 1.93. The number of rotatable bonds is 4. The van der Waals surface area contributed by atoms with Gasteiger partial charge >= 0.3 is 0 Å². The molecule has 3 nitrogen and oxygen atoms in total. The molecule has 0 fully saturated rings. The lowest BCUT2D eigenvalue weighted by Gasteiger charge is -2.10. The van der Waals surface area contributed by atoms with Crippen LogP contribution in [0.1, 0.15) is 36.7 Å². The molecular formula is C15H19BrN2O. The van der Waals surface area contributed by atoms with E-state index in [9.17, 15) is 0 Å². The molecule has 0 radical (unpaired) electrons. The van der Waals surface area contributed by atoms with Crippen molar-refractivity contribution in [3.63, 3.8) is 0 Å². The first-order chi connectivity index (χ1) is 8.99. The zero-order valence-electron chi connectivity index (χ0n) is 11.8. The highest BCUT2D eigenvalue weighted by Gasteiger charge is 2.11. The Hall–Kier alpha value is -1.29. The van der Waals surface area contributed by atoms with Crippen molar-refractivity contribution in [2.24, 2.45) is 7.05 Å². The van der Waals surface area contributed by atoms with Gasteiger partial charge in [0.1, 0.15) is 12.4 Å². The SMILES string of the molecule is Cc1nn(C)c(COc2cccc(C(C)C)c2)c1Br. The molecule has 0 unspecified atom stereocenters. The first-order valence-electron chi connectivity index (χ1n) is 6.39. The number of hydrogen-bond donors (Lipinski definition) is 0. The number of halogens is 1. The normalized spacial score (nSPS) is 11.1. The van der Waals surface area contributed by atoms with E-state index < -0.39 is 0 Å². The van der Waals surface area contributed by atoms with E-state index in [1.54, 1.807) is 0 Å². The Kier molecular flexibility index (Phi) is 4.30. The third kappa shape index (κ3) is 3.18. The van der Waals surface area contributed by atoms with Crippen molar-refractivity contribution >= 4 is 15.9 Å². The van der Waals surface area contributed by atoms with Crippen molar-refractivity contribution in [2.45, 2.75) is 33.3 Å². The number of hydrogen-bond acceptors (Lipinski definition) is 2. The van der Waals surface area contributed by atoms with Gasteiger partial charge in [0, 0.05) is 7.05 Å². The standard InChI is InChI=1S/C15H19BrN2O/c1-10(2)12-6-5-7-13(8-12)19-9-14-15(16)11(3)17-18(14)4/h5-8,10H,9H2,1-4H3. The third-order valence-corrected chi connectivity index (χ3v) is 4.19. The molecule has 0 aliphatic carbocycles. The fraction of sp³-hybridized carbons (Fsp3) is 0.400. The Morgan fingerprint density at radius 2 is 2.11 bits per heavy atom. The van der Waals surface area contributed by atoms with Gasteiger partial charge in [0.2, 0.25) is 0 Å². The second-order valence-electron chi connectivity index (χ2n) is 4.99. The van der Waals surface area contributed by atoms with E-state index in [1.807, 2.05) is 30.8 Å². The van der Waals surface area contributed by atoms with Crippen molar-refractivity contribution in [1.82, 2.24) is 9.78 Å². The number of aromatic nitrogens is 2. The lowest BCUT2D eigenvalue weighted by Crippen LogP contribution is -2.04. The van der Waals surface area contributed by atoms with Crippen LogP contribution >= 0.6 is 15.9 Å². The van der Waals surface area contributed by atoms with Crippen LogP contribution in [-0.4, -0.2) is 9.78 Å². The number of benzene rings is 1. The minimum atomic E-state index is 0.509. The van der Waals surface area contributed by atoms with Crippen molar-refractivity contribution in [3.8, 4) is 5.75 Å². The molecule has 1 aromatic heterocycles. The van der Waals surface area contributed by atoms with Gasteiger partial charge in [-0.05, 0) is 46.5 Å². The molecule has 2 aromatic rings. The van der Waals surface area contributed by atoms with Crippen LogP contribution in [0.5, 0.6) is 5.75 Å². The first-order valence-corrected chi connectivity index (χ1v) is 7.19. The molecule has 0 atom stereocenters. The minimum absolute atomic E-state index is 0.509. The fourth-order valence-electron chi connectivity index (χ4n) is 1.95. The highest BCUT2D eigenvalue weighted by atomic mass is 79.9. The molecule has 102 valence electrons. The Labute approximate surface area is 122 Å². The van der Waals surface area contributed by atoms with Crippen LogP contribution in [0.2, 0.25) is 0 Å². The predicted octanol–water partition coefficient (Wildman–Crippen LogP) is 4.19. The van der Waals surface area contributed by atoms with Crippen LogP contribution in [0.25, 0.3) is 0 Å². The Morgan fingerprint density at radius 1 is 1.37 bits per heavy atom. The summed E-state index contributed by atoms with van der Waals surface area (Å²) < 4.78 is 8.74. The van der Waals surface area contributed by atoms with E-state index in [0.29, 0.717) is 12.5 Å². The van der Waals surface area contributed by atoms with Gasteiger partial charge in [0.25, 0.3) is 0 Å². The molecule has 0 saturated heterocycles. The maximum Gasteiger partial charge on any atom is 0.131 e. The summed E-state index contributed by atoms with van der Waals surface area (Å²) in [4.78, 5) is 0. The van der Waals surface area contributed by atoms with E-state index in [1.165, 1.54) is 5.56 Å². The second kappa shape index (κ2) is 5.78. The second-order valence-corrected chi connectivity index (χ2v) is 5.78. The number of aryl methyl sites for hydroxylation is 2. The van der Waals surface area contributed by atoms with Crippen LogP contribution in [-0.2, 0) is 13.7 Å². The van der Waals surface area contributed by atoms with Crippen LogP contribution in [0.15, 0.2) is 28.7 Å². The Morgan fingerprint density at radius 3 is 2.68 bits per heavy atom. The van der Waals surface area contributed by atoms with Gasteiger partial charge in [-0.3, -0.25) is 4.68 Å². The fourth-order valence-corrected chi connectivity index (χ4v) is 2.40. The maximum absolute atomic E-state index is 5.87. The van der Waals surface area contributed by atoms with Crippen molar-refractivity contribution in [3.05, 3.63) is 45.7 Å². The summed E-state index contributed by atoms with van der Waals surface area (Å²) in [6.07, 6.45) is 0. The number of ether oxygens (including phenoxy) is 1. The summed E-state index contributed by atoms with van der Waals surface area (Å²) in [6.45, 7) is 6.85. The molecule has 0 saturated carbocycles. The van der Waals surface area contributed by atoms with Gasteiger partial charge in [0.15, 0.2) is 0 Å². The molecule has 0 amide bonds. The first kappa shape index (κ1) is 14.1. The van der Waals surface area contributed by atoms with E-state index in [2.05, 4.69) is 47.0 Å². The van der Waals surface area contributed by atoms with Gasteiger partial charge < -0.3 is 4.74 Å². The zero-order chi connectivity index (χ0) is 14.0. The maximum atomic E-state index is 5.87. The van der Waals surface area contributed by atoms with E-state index in [4.69, 9.17) is 4.74 Å². The summed E-state index contributed by atoms with van der Waals surface area (Å²) >= 11 is 3.55. The largest absolute Gasteiger partial charge is 0.487 e. The molecule has 2 rings (SSSR count). The van der Waals surface area contributed by atoms with Crippen molar-refractivity contribution in [2.75, 3.05) is 0 Å². The molecule has 0 N–H and O–H groups in total. The van der Waals surface area contributed by atoms with Crippen LogP contribution in [0, 0.1) is 6.92 Å². The quantitative estimate of drug-likeness (QED) is 0.843. The average Bonchev–Trinajstić information content (AvgIpc) is 2.61. The highest BCUT2D eigenvalue weighted by Crippen LogP contribution is 2.24. The Bertz CT molecular complexity index is 576. The van der Waals surface area contributed by atoms with Crippen molar-refractivity contribution < 1.29 is 4.74 Å². The molecule has 4 heteroatoms. The van der Waals surface area contributed by atoms with Gasteiger partial charge in [0.05, 0.1) is 15.9 Å². The lowest BCUT2D eigenvalue weighted by atomic mass is 10.0. The van der Waals surface area contributed by atoms with Crippen molar-refractivity contribution in [1.29, 1.82) is 0 Å². The molecule has 1 heterocycles. The third-order valence-electron chi connectivity index (χ3n) is 3.16. The minimum Gasteiger partial charge on any atom is -0.487 e. The molecule has 0 aliphatic rings. The summed E-state index contributed by atoms with van der Waals surface area (Å²) in [5, 5.41) is 4.36. The summed E-state index contributed by atoms with van der Waals surface area (Å²) in [5.41, 5.74) is 3.32. The van der Waals surface area contributed by atoms with E-state index >= 15 is 0 Å². The van der Waals surface area contributed by atoms with Crippen LogP contribution in [0.3, 0.4) is 0 Å². The van der Waals surface area contributed by atoms with Gasteiger partial charge in [-0.15, -0.1) is 0 Å². The van der Waals surface area contributed by atoms with Gasteiger partial charge in [-0.2, -0.15) is 5.10 Å². The smallest absolute Gasteiger partial charge is 0.131 e. The molecule has 19 heavy (non-hydrogen) atoms. The van der Waals surface area contributed by atoms with E-state index in [-0.39, 0.29) is 0 Å². The summed E-state index contributed by atoms with van der Waals surface area (Å²) in [5.74, 6) is 1.41. The molecule has 0 spiro atoms. The highest BCUT2D eigenvalue weighted by molar-refractivity contribution is 9.10. The topological polar surface area (TPSA) is 27.1 Å². The molecule has 0 bridgehead atoms. The van der Waals surface area contributed by atoms with Crippen LogP contribution in [0.4, 0.5) is 0 Å². The molecular weight excluding hydrogens is 304 g/mol. The molecule has 0 aliphatic heterocycles. The lowest BCUT2D eigenvalue weighted by molar-refractivity contribution is 0.293.